The van der Waals surface area contributed by atoms with Crippen LogP contribution in [-0.4, -0.2) is 19.0 Å². The fourth-order valence-corrected chi connectivity index (χ4v) is 0.548. The van der Waals surface area contributed by atoms with Gasteiger partial charge in [-0.15, -0.1) is 0 Å². The maximum atomic E-state index is 10.3. The molecule has 0 fully saturated rings. The molecule has 1 atom stereocenters. The molecular weight excluding hydrogens is 104 g/mol. The molecule has 0 rings (SSSR count). The summed E-state index contributed by atoms with van der Waals surface area (Å²) in [6, 6.07) is -0.157. The van der Waals surface area contributed by atoms with Crippen LogP contribution >= 0.6 is 0 Å². The second-order valence-electron chi connectivity index (χ2n) is 1.65. The van der Waals surface area contributed by atoms with E-state index < -0.39 is 0 Å². The lowest BCUT2D eigenvalue weighted by Crippen LogP contribution is -2.38. The van der Waals surface area contributed by atoms with Gasteiger partial charge < -0.3 is 11.1 Å². The summed E-state index contributed by atoms with van der Waals surface area (Å²) >= 11 is 0. The third-order valence-corrected chi connectivity index (χ3v) is 1.10. The van der Waals surface area contributed by atoms with Crippen molar-refractivity contribution < 1.29 is 4.79 Å². The first-order valence-corrected chi connectivity index (χ1v) is 2.69. The molecule has 0 aromatic rings. The molecule has 0 saturated carbocycles. The highest BCUT2D eigenvalue weighted by molar-refractivity contribution is 5.79. The molecule has 3 nitrogen and oxygen atoms in total. The van der Waals surface area contributed by atoms with Crippen molar-refractivity contribution in [2.24, 2.45) is 5.73 Å². The van der Waals surface area contributed by atoms with Crippen molar-refractivity contribution in [3.63, 3.8) is 0 Å². The normalized spacial score (nSPS) is 13.2. The monoisotopic (exact) mass is 116 g/mol. The number of likely N-dealkylation sites (N-methyl/N-ethyl adjacent to an activating group) is 1. The summed E-state index contributed by atoms with van der Waals surface area (Å²) in [5, 5.41) is 2.78. The van der Waals surface area contributed by atoms with E-state index in [1.54, 1.807) is 7.05 Å². The molecule has 0 aliphatic heterocycles. The van der Waals surface area contributed by atoms with Crippen molar-refractivity contribution in [3.8, 4) is 0 Å². The maximum absolute atomic E-state index is 10.3. The second kappa shape index (κ2) is 3.43. The first kappa shape index (κ1) is 7.43. The Balaban J connectivity index is 3.52. The topological polar surface area (TPSA) is 55.1 Å². The lowest BCUT2D eigenvalue weighted by atomic mass is 10.2. The Morgan fingerprint density at radius 2 is 2.38 bits per heavy atom. The van der Waals surface area contributed by atoms with Crippen molar-refractivity contribution in [2.75, 3.05) is 7.05 Å². The number of rotatable bonds is 3. The molecule has 48 valence electrons. The quantitative estimate of drug-likeness (QED) is 0.520. The highest BCUT2D eigenvalue weighted by Gasteiger charge is 2.07. The Kier molecular flexibility index (Phi) is 3.19. The van der Waals surface area contributed by atoms with E-state index in [4.69, 9.17) is 5.73 Å². The molecule has 1 amide bonds. The highest BCUT2D eigenvalue weighted by atomic mass is 16.1. The fourth-order valence-electron chi connectivity index (χ4n) is 0.548. The van der Waals surface area contributed by atoms with Gasteiger partial charge in [0.1, 0.15) is 0 Å². The standard InChI is InChI=1S/C5H12N2O/c1-3-4(7-2)5(6)8/h4,7H,3H2,1-2H3,(H2,6,8). The Morgan fingerprint density at radius 3 is 2.38 bits per heavy atom. The first-order valence-electron chi connectivity index (χ1n) is 2.69. The number of nitrogens with two attached hydrogens (primary N) is 1. The van der Waals surface area contributed by atoms with E-state index in [2.05, 4.69) is 5.32 Å². The van der Waals surface area contributed by atoms with Gasteiger partial charge in [-0.3, -0.25) is 4.79 Å². The van der Waals surface area contributed by atoms with Gasteiger partial charge in [0.15, 0.2) is 0 Å². The predicted octanol–water partition coefficient (Wildman–Crippen LogP) is -0.530. The van der Waals surface area contributed by atoms with E-state index in [0.29, 0.717) is 0 Å². The zero-order chi connectivity index (χ0) is 6.57. The van der Waals surface area contributed by atoms with Crippen molar-refractivity contribution in [1.29, 1.82) is 0 Å². The number of carbonyl (C=O) groups excluding carboxylic acids is 1. The van der Waals surface area contributed by atoms with Crippen LogP contribution in [-0.2, 0) is 4.79 Å². The molecule has 3 N–H and O–H groups in total. The van der Waals surface area contributed by atoms with E-state index in [0.717, 1.165) is 6.42 Å². The van der Waals surface area contributed by atoms with Crippen molar-refractivity contribution in [1.82, 2.24) is 5.32 Å². The van der Waals surface area contributed by atoms with Crippen LogP contribution in [0.4, 0.5) is 0 Å². The average Bonchev–Trinajstić information content (AvgIpc) is 1.69. The van der Waals surface area contributed by atoms with Gasteiger partial charge in [-0.2, -0.15) is 0 Å². The van der Waals surface area contributed by atoms with Crippen molar-refractivity contribution in [2.45, 2.75) is 19.4 Å². The first-order chi connectivity index (χ1) is 3.72. The zero-order valence-corrected chi connectivity index (χ0v) is 5.27. The van der Waals surface area contributed by atoms with E-state index >= 15 is 0 Å². The number of amides is 1. The summed E-state index contributed by atoms with van der Waals surface area (Å²) < 4.78 is 0. The van der Waals surface area contributed by atoms with Crippen LogP contribution in [0.15, 0.2) is 0 Å². The van der Waals surface area contributed by atoms with Gasteiger partial charge in [0.2, 0.25) is 5.91 Å². The molecule has 8 heavy (non-hydrogen) atoms. The lowest BCUT2D eigenvalue weighted by molar-refractivity contribution is -0.119. The Labute approximate surface area is 49.3 Å². The molecular formula is C5H12N2O. The molecule has 1 unspecified atom stereocenters. The number of hydrogen-bond donors (Lipinski definition) is 2. The molecule has 0 aromatic carbocycles. The summed E-state index contributed by atoms with van der Waals surface area (Å²) in [5.41, 5.74) is 4.96. The molecule has 0 bridgehead atoms. The van der Waals surface area contributed by atoms with Crippen LogP contribution in [0.5, 0.6) is 0 Å². The summed E-state index contributed by atoms with van der Waals surface area (Å²) in [6.45, 7) is 1.91. The summed E-state index contributed by atoms with van der Waals surface area (Å²) in [5.74, 6) is -0.282. The SMILES string of the molecule is CCC(NC)C(N)=O. The Morgan fingerprint density at radius 1 is 1.88 bits per heavy atom. The second-order valence-corrected chi connectivity index (χ2v) is 1.65. The van der Waals surface area contributed by atoms with E-state index in [9.17, 15) is 4.79 Å². The number of carbonyl (C=O) groups is 1. The molecule has 0 aliphatic carbocycles. The fraction of sp³-hybridized carbons (Fsp3) is 0.800. The average molecular weight is 116 g/mol. The largest absolute Gasteiger partial charge is 0.368 e. The lowest BCUT2D eigenvalue weighted by Gasteiger charge is -2.06. The Bertz CT molecular complexity index is 78.5. The van der Waals surface area contributed by atoms with E-state index in [1.807, 2.05) is 6.92 Å². The van der Waals surface area contributed by atoms with Gasteiger partial charge in [0.05, 0.1) is 6.04 Å². The predicted molar refractivity (Wildman–Crippen MR) is 32.3 cm³/mol. The van der Waals surface area contributed by atoms with Crippen molar-refractivity contribution in [3.05, 3.63) is 0 Å². The molecule has 0 aliphatic rings. The van der Waals surface area contributed by atoms with Crippen LogP contribution in [0.1, 0.15) is 13.3 Å². The van der Waals surface area contributed by atoms with Gasteiger partial charge >= 0.3 is 0 Å². The van der Waals surface area contributed by atoms with Crippen LogP contribution in [0.2, 0.25) is 0 Å². The van der Waals surface area contributed by atoms with E-state index in [1.165, 1.54) is 0 Å². The minimum atomic E-state index is -0.282. The van der Waals surface area contributed by atoms with Crippen LogP contribution < -0.4 is 11.1 Å². The van der Waals surface area contributed by atoms with Crippen molar-refractivity contribution >= 4 is 5.91 Å². The zero-order valence-electron chi connectivity index (χ0n) is 5.27. The third-order valence-electron chi connectivity index (χ3n) is 1.10. The smallest absolute Gasteiger partial charge is 0.234 e. The van der Waals surface area contributed by atoms with Gasteiger partial charge in [0, 0.05) is 0 Å². The summed E-state index contributed by atoms with van der Waals surface area (Å²) in [4.78, 5) is 10.3. The maximum Gasteiger partial charge on any atom is 0.234 e. The number of hydrogen-bond acceptors (Lipinski definition) is 2. The number of nitrogens with one attached hydrogen (secondary N) is 1. The molecule has 0 radical (unpaired) electrons. The summed E-state index contributed by atoms with van der Waals surface area (Å²) in [6.07, 6.45) is 0.756. The summed E-state index contributed by atoms with van der Waals surface area (Å²) in [7, 11) is 1.72. The van der Waals surface area contributed by atoms with Crippen LogP contribution in [0, 0.1) is 0 Å². The minimum absolute atomic E-state index is 0.157. The highest BCUT2D eigenvalue weighted by Crippen LogP contribution is 1.84. The van der Waals surface area contributed by atoms with E-state index in [-0.39, 0.29) is 11.9 Å². The Hall–Kier alpha value is -0.570. The van der Waals surface area contributed by atoms with Gasteiger partial charge in [-0.05, 0) is 13.5 Å². The molecule has 3 heteroatoms. The molecule has 0 saturated heterocycles. The minimum Gasteiger partial charge on any atom is -0.368 e. The van der Waals surface area contributed by atoms with Crippen LogP contribution in [0.3, 0.4) is 0 Å². The van der Waals surface area contributed by atoms with Gasteiger partial charge in [-0.25, -0.2) is 0 Å². The van der Waals surface area contributed by atoms with Crippen LogP contribution in [0.25, 0.3) is 0 Å². The van der Waals surface area contributed by atoms with Gasteiger partial charge in [-0.1, -0.05) is 6.92 Å². The van der Waals surface area contributed by atoms with Gasteiger partial charge in [0.25, 0.3) is 0 Å². The molecule has 0 heterocycles. The molecule has 0 spiro atoms. The number of primary amides is 1. The third kappa shape index (κ3) is 1.93. The molecule has 0 aromatic heterocycles.